The van der Waals surface area contributed by atoms with Crippen molar-refractivity contribution in [3.63, 3.8) is 0 Å². The Bertz CT molecular complexity index is 740. The predicted octanol–water partition coefficient (Wildman–Crippen LogP) is 2.89. The second-order valence-electron chi connectivity index (χ2n) is 4.79. The lowest BCUT2D eigenvalue weighted by molar-refractivity contribution is -0.143. The fourth-order valence-electron chi connectivity index (χ4n) is 2.14. The Hall–Kier alpha value is -2.14. The fourth-order valence-corrected chi connectivity index (χ4v) is 2.33. The van der Waals surface area contributed by atoms with Crippen LogP contribution in [0.3, 0.4) is 0 Å². The lowest BCUT2D eigenvalue weighted by Crippen LogP contribution is -2.19. The molecule has 0 saturated carbocycles. The second kappa shape index (κ2) is 7.22. The van der Waals surface area contributed by atoms with Gasteiger partial charge >= 0.3 is 5.97 Å². The lowest BCUT2D eigenvalue weighted by atomic mass is 10.1. The molecule has 0 saturated heterocycles. The summed E-state index contributed by atoms with van der Waals surface area (Å²) in [5, 5.41) is 0.573. The van der Waals surface area contributed by atoms with Crippen LogP contribution in [0.4, 0.5) is 0 Å². The summed E-state index contributed by atoms with van der Waals surface area (Å²) in [5.41, 5.74) is 1.60. The standard InChI is InChI=1S/C16H17ClN2O3/c1-3-22-14(20)8-7-13-10(2)18-15(19-16(13)21)11-5-4-6-12(17)9-11/h4-6,9H,3,7-8H2,1-2H3,(H,18,19,21). The van der Waals surface area contributed by atoms with Crippen LogP contribution < -0.4 is 5.56 Å². The molecule has 0 aliphatic carbocycles. The first-order valence-electron chi connectivity index (χ1n) is 7.02. The molecule has 116 valence electrons. The van der Waals surface area contributed by atoms with E-state index >= 15 is 0 Å². The minimum absolute atomic E-state index is 0.163. The van der Waals surface area contributed by atoms with Gasteiger partial charge < -0.3 is 9.72 Å². The number of H-pyrrole nitrogens is 1. The smallest absolute Gasteiger partial charge is 0.306 e. The van der Waals surface area contributed by atoms with Gasteiger partial charge in [0.2, 0.25) is 0 Å². The van der Waals surface area contributed by atoms with Crippen LogP contribution in [0.15, 0.2) is 29.1 Å². The second-order valence-corrected chi connectivity index (χ2v) is 5.23. The van der Waals surface area contributed by atoms with E-state index < -0.39 is 0 Å². The number of carbonyl (C=O) groups is 1. The third kappa shape index (κ3) is 3.95. The van der Waals surface area contributed by atoms with Crippen LogP contribution in [-0.2, 0) is 16.0 Å². The fraction of sp³-hybridized carbons (Fsp3) is 0.312. The quantitative estimate of drug-likeness (QED) is 0.860. The van der Waals surface area contributed by atoms with E-state index in [1.54, 1.807) is 32.0 Å². The van der Waals surface area contributed by atoms with Gasteiger partial charge in [-0.2, -0.15) is 0 Å². The van der Waals surface area contributed by atoms with E-state index in [0.717, 1.165) is 5.56 Å². The van der Waals surface area contributed by atoms with Gasteiger partial charge in [-0.05, 0) is 32.4 Å². The first kappa shape index (κ1) is 16.2. The lowest BCUT2D eigenvalue weighted by Gasteiger charge is -2.07. The number of esters is 1. The molecule has 0 amide bonds. The van der Waals surface area contributed by atoms with E-state index in [2.05, 4.69) is 9.97 Å². The number of halogens is 1. The third-order valence-electron chi connectivity index (χ3n) is 3.20. The van der Waals surface area contributed by atoms with Crippen molar-refractivity contribution in [2.75, 3.05) is 6.61 Å². The van der Waals surface area contributed by atoms with Crippen LogP contribution in [0.25, 0.3) is 11.4 Å². The van der Waals surface area contributed by atoms with Gasteiger partial charge in [-0.25, -0.2) is 4.98 Å². The monoisotopic (exact) mass is 320 g/mol. The molecule has 0 aliphatic heterocycles. The molecule has 1 aromatic heterocycles. The van der Waals surface area contributed by atoms with E-state index in [9.17, 15) is 9.59 Å². The zero-order chi connectivity index (χ0) is 16.1. The van der Waals surface area contributed by atoms with Crippen LogP contribution in [0.2, 0.25) is 5.02 Å². The molecule has 0 bridgehead atoms. The van der Waals surface area contributed by atoms with Crippen molar-refractivity contribution in [1.82, 2.24) is 9.97 Å². The van der Waals surface area contributed by atoms with Crippen molar-refractivity contribution in [1.29, 1.82) is 0 Å². The van der Waals surface area contributed by atoms with Gasteiger partial charge in [0, 0.05) is 28.3 Å². The Labute approximate surface area is 133 Å². The van der Waals surface area contributed by atoms with Crippen molar-refractivity contribution >= 4 is 17.6 Å². The van der Waals surface area contributed by atoms with Gasteiger partial charge in [0.15, 0.2) is 0 Å². The van der Waals surface area contributed by atoms with Crippen LogP contribution >= 0.6 is 11.6 Å². The van der Waals surface area contributed by atoms with Crippen molar-refractivity contribution in [3.05, 3.63) is 50.9 Å². The molecule has 2 aromatic rings. The molecule has 1 heterocycles. The highest BCUT2D eigenvalue weighted by atomic mass is 35.5. The molecular weight excluding hydrogens is 304 g/mol. The van der Waals surface area contributed by atoms with Gasteiger partial charge in [-0.1, -0.05) is 23.7 Å². The molecule has 2 rings (SSSR count). The van der Waals surface area contributed by atoms with Crippen molar-refractivity contribution in [2.45, 2.75) is 26.7 Å². The molecule has 0 aliphatic rings. The zero-order valence-electron chi connectivity index (χ0n) is 12.5. The first-order chi connectivity index (χ1) is 10.5. The predicted molar refractivity (Wildman–Crippen MR) is 85.0 cm³/mol. The molecule has 0 unspecified atom stereocenters. The first-order valence-corrected chi connectivity index (χ1v) is 7.40. The van der Waals surface area contributed by atoms with Crippen LogP contribution in [-0.4, -0.2) is 22.5 Å². The van der Waals surface area contributed by atoms with E-state index in [0.29, 0.717) is 35.1 Å². The number of carbonyl (C=O) groups excluding carboxylic acids is 1. The Morgan fingerprint density at radius 3 is 2.82 bits per heavy atom. The van der Waals surface area contributed by atoms with Crippen LogP contribution in [0.1, 0.15) is 24.6 Å². The number of hydrogen-bond donors (Lipinski definition) is 1. The van der Waals surface area contributed by atoms with Crippen LogP contribution in [0, 0.1) is 6.92 Å². The Kier molecular flexibility index (Phi) is 5.33. The average molecular weight is 321 g/mol. The van der Waals surface area contributed by atoms with Gasteiger partial charge in [0.1, 0.15) is 5.82 Å². The van der Waals surface area contributed by atoms with Crippen molar-refractivity contribution < 1.29 is 9.53 Å². The normalized spacial score (nSPS) is 10.5. The molecule has 0 radical (unpaired) electrons. The Morgan fingerprint density at radius 2 is 2.18 bits per heavy atom. The van der Waals surface area contributed by atoms with Crippen molar-refractivity contribution in [2.24, 2.45) is 0 Å². The maximum atomic E-state index is 12.2. The highest BCUT2D eigenvalue weighted by Gasteiger charge is 2.12. The summed E-state index contributed by atoms with van der Waals surface area (Å²) < 4.78 is 4.86. The zero-order valence-corrected chi connectivity index (χ0v) is 13.2. The highest BCUT2D eigenvalue weighted by molar-refractivity contribution is 6.30. The summed E-state index contributed by atoms with van der Waals surface area (Å²) in [6.07, 6.45) is 0.471. The largest absolute Gasteiger partial charge is 0.466 e. The number of aromatic amines is 1. The van der Waals surface area contributed by atoms with Gasteiger partial charge in [-0.15, -0.1) is 0 Å². The molecule has 1 N–H and O–H groups in total. The van der Waals surface area contributed by atoms with E-state index in [-0.39, 0.29) is 17.9 Å². The average Bonchev–Trinajstić information content (AvgIpc) is 2.46. The SMILES string of the molecule is CCOC(=O)CCc1c(C)nc(-c2cccc(Cl)c2)[nH]c1=O. The molecule has 0 atom stereocenters. The van der Waals surface area contributed by atoms with Crippen LogP contribution in [0.5, 0.6) is 0 Å². The highest BCUT2D eigenvalue weighted by Crippen LogP contribution is 2.19. The summed E-state index contributed by atoms with van der Waals surface area (Å²) in [4.78, 5) is 30.7. The maximum Gasteiger partial charge on any atom is 0.306 e. The number of nitrogens with one attached hydrogen (secondary N) is 1. The number of hydrogen-bond acceptors (Lipinski definition) is 4. The van der Waals surface area contributed by atoms with Gasteiger partial charge in [0.25, 0.3) is 5.56 Å². The summed E-state index contributed by atoms with van der Waals surface area (Å²) in [6, 6.07) is 7.10. The number of aromatic nitrogens is 2. The number of benzene rings is 1. The van der Waals surface area contributed by atoms with Crippen molar-refractivity contribution in [3.8, 4) is 11.4 Å². The minimum Gasteiger partial charge on any atom is -0.466 e. The molecule has 5 nitrogen and oxygen atoms in total. The number of aryl methyl sites for hydroxylation is 1. The van der Waals surface area contributed by atoms with E-state index in [1.807, 2.05) is 6.07 Å². The van der Waals surface area contributed by atoms with E-state index in [4.69, 9.17) is 16.3 Å². The number of rotatable bonds is 5. The Balaban J connectivity index is 2.25. The molecule has 0 spiro atoms. The molecule has 6 heteroatoms. The molecular formula is C16H17ClN2O3. The topological polar surface area (TPSA) is 72.0 Å². The van der Waals surface area contributed by atoms with Gasteiger partial charge in [0.05, 0.1) is 6.61 Å². The number of nitrogens with zero attached hydrogens (tertiary/aromatic N) is 1. The molecule has 1 aromatic carbocycles. The summed E-state index contributed by atoms with van der Waals surface area (Å²) in [5.74, 6) is 0.144. The van der Waals surface area contributed by atoms with Gasteiger partial charge in [-0.3, -0.25) is 9.59 Å². The molecule has 0 fully saturated rings. The Morgan fingerprint density at radius 1 is 1.41 bits per heavy atom. The third-order valence-corrected chi connectivity index (χ3v) is 3.44. The molecule has 22 heavy (non-hydrogen) atoms. The minimum atomic E-state index is -0.319. The maximum absolute atomic E-state index is 12.2. The summed E-state index contributed by atoms with van der Waals surface area (Å²) in [6.45, 7) is 3.83. The number of ether oxygens (including phenoxy) is 1. The summed E-state index contributed by atoms with van der Waals surface area (Å²) in [7, 11) is 0. The van der Waals surface area contributed by atoms with E-state index in [1.165, 1.54) is 0 Å². The summed E-state index contributed by atoms with van der Waals surface area (Å²) >= 11 is 5.95.